The smallest absolute Gasteiger partial charge is 0.253 e. The molecular weight excluding hydrogens is 446 g/mol. The summed E-state index contributed by atoms with van der Waals surface area (Å²) in [7, 11) is 1.74. The zero-order valence-electron chi connectivity index (χ0n) is 21.9. The molecule has 2 aliphatic carbocycles. The van der Waals surface area contributed by atoms with Crippen LogP contribution < -0.4 is 4.74 Å². The average molecular weight is 486 g/mol. The Morgan fingerprint density at radius 2 is 1.67 bits per heavy atom. The van der Waals surface area contributed by atoms with Crippen molar-refractivity contribution in [3.05, 3.63) is 77.9 Å². The van der Waals surface area contributed by atoms with E-state index in [1.54, 1.807) is 7.11 Å². The lowest BCUT2D eigenvalue weighted by Crippen LogP contribution is -2.83. The number of likely N-dealkylation sites (tertiary alicyclic amines) is 2. The number of carbonyl (C=O) groups excluding carboxylic acids is 1. The molecule has 2 aliphatic heterocycles. The molecule has 2 saturated heterocycles. The highest BCUT2D eigenvalue weighted by Crippen LogP contribution is 2.72. The molecule has 4 aliphatic rings. The molecule has 1 amide bonds. The molecule has 5 heteroatoms. The molecule has 36 heavy (non-hydrogen) atoms. The van der Waals surface area contributed by atoms with Crippen LogP contribution in [0.5, 0.6) is 5.75 Å². The lowest BCUT2D eigenvalue weighted by atomic mass is 9.56. The average Bonchev–Trinajstić information content (AvgIpc) is 3.36. The molecule has 1 spiro atoms. The quantitative estimate of drug-likeness (QED) is 0.461. The highest BCUT2D eigenvalue weighted by atomic mass is 16.5. The van der Waals surface area contributed by atoms with Crippen LogP contribution in [0, 0.1) is 5.41 Å². The monoisotopic (exact) mass is 485 g/mol. The van der Waals surface area contributed by atoms with Crippen LogP contribution in [-0.2, 0) is 0 Å². The van der Waals surface area contributed by atoms with Gasteiger partial charge in [0.05, 0.1) is 13.2 Å². The number of ether oxygens (including phenoxy) is 1. The molecule has 5 nitrogen and oxygen atoms in total. The van der Waals surface area contributed by atoms with Gasteiger partial charge in [-0.2, -0.15) is 0 Å². The maximum Gasteiger partial charge on any atom is 0.253 e. The van der Waals surface area contributed by atoms with Crippen molar-refractivity contribution >= 4 is 5.91 Å². The first-order valence-corrected chi connectivity index (χ1v) is 13.8. The zero-order chi connectivity index (χ0) is 25.0. The fourth-order valence-corrected chi connectivity index (χ4v) is 8.57. The van der Waals surface area contributed by atoms with Crippen LogP contribution in [0.4, 0.5) is 0 Å². The Balaban J connectivity index is 1.36. The van der Waals surface area contributed by atoms with Crippen molar-refractivity contribution < 1.29 is 9.53 Å². The first-order valence-electron chi connectivity index (χ1n) is 13.8. The Morgan fingerprint density at radius 3 is 2.25 bits per heavy atom. The molecule has 6 rings (SSSR count). The van der Waals surface area contributed by atoms with Crippen LogP contribution in [0.1, 0.15) is 67.1 Å². The standard InChI is InChI=1S/C31H39N3O2/c1-5-19-33-25-15-17-27-31(25)26(33)16-18-28(31)34(27)29(23-9-8-10-24(20-23)36-4)21-11-13-22(14-12-21)30(35)32(6-2)7-3/h5,8-14,20,25-29H,1,6-7,15-19H2,2-4H3. The highest BCUT2D eigenvalue weighted by Gasteiger charge is 2.80. The molecule has 0 N–H and O–H groups in total. The van der Waals surface area contributed by atoms with Crippen LogP contribution in [0.25, 0.3) is 0 Å². The molecule has 2 aromatic carbocycles. The van der Waals surface area contributed by atoms with Gasteiger partial charge in [-0.25, -0.2) is 0 Å². The van der Waals surface area contributed by atoms with Gasteiger partial charge in [0.1, 0.15) is 5.75 Å². The SMILES string of the molecule is C=CCN1C2CCC3N(C(c4ccc(C(=O)N(CC)CC)cc4)c4cccc(OC)c4)C4CCC1C234. The summed E-state index contributed by atoms with van der Waals surface area (Å²) in [6.07, 6.45) is 7.22. The molecule has 0 aromatic heterocycles. The van der Waals surface area contributed by atoms with E-state index >= 15 is 0 Å². The molecule has 0 bridgehead atoms. The van der Waals surface area contributed by atoms with E-state index < -0.39 is 0 Å². The lowest BCUT2D eigenvalue weighted by molar-refractivity contribution is -0.235. The topological polar surface area (TPSA) is 36.0 Å². The van der Waals surface area contributed by atoms with Gasteiger partial charge in [-0.1, -0.05) is 30.3 Å². The van der Waals surface area contributed by atoms with E-state index in [1.165, 1.54) is 36.8 Å². The lowest BCUT2D eigenvalue weighted by Gasteiger charge is -2.72. The van der Waals surface area contributed by atoms with E-state index in [9.17, 15) is 4.79 Å². The third kappa shape index (κ3) is 3.12. The second-order valence-corrected chi connectivity index (χ2v) is 10.9. The molecule has 2 aromatic rings. The number of methoxy groups -OCH3 is 1. The summed E-state index contributed by atoms with van der Waals surface area (Å²) in [6, 6.07) is 19.9. The van der Waals surface area contributed by atoms with Gasteiger partial charge in [0.25, 0.3) is 5.91 Å². The summed E-state index contributed by atoms with van der Waals surface area (Å²) in [5, 5.41) is 0. The summed E-state index contributed by atoms with van der Waals surface area (Å²) in [5.41, 5.74) is 3.79. The number of carbonyl (C=O) groups is 1. The minimum atomic E-state index is 0.112. The third-order valence-electron chi connectivity index (χ3n) is 9.83. The second kappa shape index (κ2) is 9.04. The van der Waals surface area contributed by atoms with Crippen LogP contribution in [0.2, 0.25) is 0 Å². The van der Waals surface area contributed by atoms with E-state index in [1.807, 2.05) is 36.9 Å². The number of benzene rings is 2. The van der Waals surface area contributed by atoms with Gasteiger partial charge in [-0.05, 0) is 74.9 Å². The van der Waals surface area contributed by atoms with E-state index in [0.717, 1.165) is 30.9 Å². The fourth-order valence-electron chi connectivity index (χ4n) is 8.57. The van der Waals surface area contributed by atoms with Crippen molar-refractivity contribution in [1.29, 1.82) is 0 Å². The van der Waals surface area contributed by atoms with Crippen LogP contribution in [0.15, 0.2) is 61.2 Å². The zero-order valence-corrected chi connectivity index (χ0v) is 21.9. The molecule has 2 heterocycles. The van der Waals surface area contributed by atoms with Crippen molar-refractivity contribution in [2.45, 2.75) is 69.7 Å². The molecule has 0 radical (unpaired) electrons. The summed E-state index contributed by atoms with van der Waals surface area (Å²) in [6.45, 7) is 10.6. The van der Waals surface area contributed by atoms with Gasteiger partial charge in [0.2, 0.25) is 0 Å². The van der Waals surface area contributed by atoms with Crippen LogP contribution in [0.3, 0.4) is 0 Å². The predicted octanol–water partition coefficient (Wildman–Crippen LogP) is 5.13. The van der Waals surface area contributed by atoms with Gasteiger partial charge in [-0.15, -0.1) is 6.58 Å². The van der Waals surface area contributed by atoms with E-state index in [2.05, 4.69) is 52.8 Å². The van der Waals surface area contributed by atoms with Gasteiger partial charge in [-0.3, -0.25) is 14.6 Å². The largest absolute Gasteiger partial charge is 0.497 e. The first-order chi connectivity index (χ1) is 17.6. The van der Waals surface area contributed by atoms with Crippen molar-refractivity contribution in [1.82, 2.24) is 14.7 Å². The first kappa shape index (κ1) is 23.7. The Kier molecular flexibility index (Phi) is 5.96. The molecule has 2 saturated carbocycles. The van der Waals surface area contributed by atoms with E-state index in [0.29, 0.717) is 29.6 Å². The Morgan fingerprint density at radius 1 is 1.03 bits per heavy atom. The minimum absolute atomic E-state index is 0.112. The number of rotatable bonds is 9. The molecule has 5 unspecified atom stereocenters. The Hall–Kier alpha value is -2.63. The van der Waals surface area contributed by atoms with Crippen LogP contribution in [-0.4, -0.2) is 71.5 Å². The number of nitrogens with zero attached hydrogens (tertiary/aromatic N) is 3. The number of hydrogen-bond acceptors (Lipinski definition) is 4. The maximum atomic E-state index is 13.0. The Bertz CT molecular complexity index is 1110. The minimum Gasteiger partial charge on any atom is -0.497 e. The number of hydrogen-bond donors (Lipinski definition) is 0. The maximum absolute atomic E-state index is 13.0. The summed E-state index contributed by atoms with van der Waals surface area (Å²) >= 11 is 0. The van der Waals surface area contributed by atoms with Gasteiger partial charge >= 0.3 is 0 Å². The third-order valence-corrected chi connectivity index (χ3v) is 9.83. The number of amides is 1. The van der Waals surface area contributed by atoms with Crippen molar-refractivity contribution in [3.63, 3.8) is 0 Å². The van der Waals surface area contributed by atoms with E-state index in [-0.39, 0.29) is 11.9 Å². The molecular formula is C31H39N3O2. The Labute approximate surface area is 215 Å². The summed E-state index contributed by atoms with van der Waals surface area (Å²) < 4.78 is 5.63. The molecule has 5 atom stereocenters. The fraction of sp³-hybridized carbons (Fsp3) is 0.516. The summed E-state index contributed by atoms with van der Waals surface area (Å²) in [4.78, 5) is 20.4. The predicted molar refractivity (Wildman–Crippen MR) is 143 cm³/mol. The normalized spacial score (nSPS) is 31.1. The summed E-state index contributed by atoms with van der Waals surface area (Å²) in [5.74, 6) is 1.01. The van der Waals surface area contributed by atoms with Crippen LogP contribution >= 0.6 is 0 Å². The van der Waals surface area contributed by atoms with Crippen molar-refractivity contribution in [3.8, 4) is 5.75 Å². The molecule has 4 fully saturated rings. The second-order valence-electron chi connectivity index (χ2n) is 10.9. The van der Waals surface area contributed by atoms with E-state index in [4.69, 9.17) is 4.74 Å². The van der Waals surface area contributed by atoms with Gasteiger partial charge in [0.15, 0.2) is 0 Å². The van der Waals surface area contributed by atoms with Crippen molar-refractivity contribution in [2.75, 3.05) is 26.7 Å². The van der Waals surface area contributed by atoms with Crippen molar-refractivity contribution in [2.24, 2.45) is 5.41 Å². The molecule has 190 valence electrons. The van der Waals surface area contributed by atoms with Gasteiger partial charge < -0.3 is 9.64 Å². The van der Waals surface area contributed by atoms with Gasteiger partial charge in [0, 0.05) is 54.8 Å². The highest BCUT2D eigenvalue weighted by molar-refractivity contribution is 5.94.